The van der Waals surface area contributed by atoms with Crippen LogP contribution in [0.2, 0.25) is 0 Å². The highest BCUT2D eigenvalue weighted by Gasteiger charge is 2.09. The minimum atomic E-state index is 0. The summed E-state index contributed by atoms with van der Waals surface area (Å²) in [5.74, 6) is 1.43. The van der Waals surface area contributed by atoms with Gasteiger partial charge in [-0.05, 0) is 36.8 Å². The summed E-state index contributed by atoms with van der Waals surface area (Å²) in [6.45, 7) is 4.09. The van der Waals surface area contributed by atoms with E-state index < -0.39 is 0 Å². The summed E-state index contributed by atoms with van der Waals surface area (Å²) in [5, 5.41) is 13.2. The summed E-state index contributed by atoms with van der Waals surface area (Å²) in [4.78, 5) is 6.75. The molecule has 1 aromatic carbocycles. The van der Waals surface area contributed by atoms with Crippen LogP contribution in [0.5, 0.6) is 11.5 Å². The first-order valence-corrected chi connectivity index (χ1v) is 8.00. The van der Waals surface area contributed by atoms with Gasteiger partial charge in [-0.15, -0.1) is 24.0 Å². The van der Waals surface area contributed by atoms with E-state index >= 15 is 0 Å². The third-order valence-corrected chi connectivity index (χ3v) is 3.80. The zero-order chi connectivity index (χ0) is 17.5. The zero-order valence-electron chi connectivity index (χ0n) is 15.2. The number of hydrogen-bond acceptors (Lipinski definition) is 3. The van der Waals surface area contributed by atoms with E-state index in [1.165, 1.54) is 12.8 Å². The summed E-state index contributed by atoms with van der Waals surface area (Å²) >= 11 is 0. The maximum atomic E-state index is 9.87. The van der Waals surface area contributed by atoms with Crippen LogP contribution in [0.1, 0.15) is 18.2 Å². The fraction of sp³-hybridized carbons (Fsp3) is 0.389. The smallest absolute Gasteiger partial charge is 0.194 e. The van der Waals surface area contributed by atoms with Gasteiger partial charge in [0.15, 0.2) is 17.5 Å². The molecule has 6 nitrogen and oxygen atoms in total. The number of halogens is 1. The molecule has 2 N–H and O–H groups in total. The predicted molar refractivity (Wildman–Crippen MR) is 112 cm³/mol. The molecule has 0 aliphatic rings. The van der Waals surface area contributed by atoms with Crippen LogP contribution >= 0.6 is 24.0 Å². The molecule has 1 heterocycles. The number of aliphatic imine (C=N–C) groups is 1. The lowest BCUT2D eigenvalue weighted by Crippen LogP contribution is -2.38. The van der Waals surface area contributed by atoms with Crippen molar-refractivity contribution in [1.29, 1.82) is 0 Å². The number of aromatic nitrogens is 1. The second kappa shape index (κ2) is 10.2. The van der Waals surface area contributed by atoms with E-state index in [0.29, 0.717) is 12.3 Å². The van der Waals surface area contributed by atoms with Gasteiger partial charge in [-0.1, -0.05) is 6.07 Å². The van der Waals surface area contributed by atoms with Crippen LogP contribution in [0.25, 0.3) is 0 Å². The largest absolute Gasteiger partial charge is 0.504 e. The third-order valence-electron chi connectivity index (χ3n) is 3.80. The molecule has 0 spiro atoms. The van der Waals surface area contributed by atoms with Crippen molar-refractivity contribution in [3.05, 3.63) is 47.8 Å². The number of methoxy groups -OCH3 is 1. The SMILES string of the molecule is CCNC(=NCc1ccc(OC)c(O)c1)N(C)Cc1cccn1C.I. The standard InChI is InChI=1S/C18H26N4O2.HI/c1-5-19-18(22(3)13-15-7-6-10-21(15)2)20-12-14-8-9-17(24-4)16(23)11-14;/h6-11,23H,5,12-13H2,1-4H3,(H,19,20);1H. The Kier molecular flexibility index (Phi) is 8.60. The number of phenolic OH excluding ortho intramolecular Hbond substituents is 1. The van der Waals surface area contributed by atoms with E-state index in [4.69, 9.17) is 4.74 Å². The van der Waals surface area contributed by atoms with Crippen molar-refractivity contribution in [1.82, 2.24) is 14.8 Å². The monoisotopic (exact) mass is 458 g/mol. The molecule has 0 radical (unpaired) electrons. The number of aromatic hydroxyl groups is 1. The number of phenols is 1. The van der Waals surface area contributed by atoms with Crippen LogP contribution in [0.15, 0.2) is 41.5 Å². The lowest BCUT2D eigenvalue weighted by atomic mass is 10.2. The average molecular weight is 458 g/mol. The van der Waals surface area contributed by atoms with Crippen LogP contribution in [-0.2, 0) is 20.1 Å². The van der Waals surface area contributed by atoms with Gasteiger partial charge in [-0.3, -0.25) is 0 Å². The number of nitrogens with one attached hydrogen (secondary N) is 1. The second-order valence-corrected chi connectivity index (χ2v) is 5.64. The first-order valence-electron chi connectivity index (χ1n) is 8.00. The summed E-state index contributed by atoms with van der Waals surface area (Å²) in [7, 11) is 5.59. The summed E-state index contributed by atoms with van der Waals surface area (Å²) in [5.41, 5.74) is 2.14. The Labute approximate surface area is 166 Å². The van der Waals surface area contributed by atoms with Gasteiger partial charge in [-0.25, -0.2) is 4.99 Å². The van der Waals surface area contributed by atoms with Crippen LogP contribution in [-0.4, -0.2) is 41.2 Å². The highest BCUT2D eigenvalue weighted by molar-refractivity contribution is 14.0. The number of rotatable bonds is 6. The molecular weight excluding hydrogens is 431 g/mol. The van der Waals surface area contributed by atoms with E-state index in [1.54, 1.807) is 12.1 Å². The molecule has 0 bridgehead atoms. The molecule has 0 aliphatic carbocycles. The number of aryl methyl sites for hydroxylation is 1. The lowest BCUT2D eigenvalue weighted by Gasteiger charge is -2.22. The Balaban J connectivity index is 0.00000312. The van der Waals surface area contributed by atoms with E-state index in [1.807, 2.05) is 39.3 Å². The van der Waals surface area contributed by atoms with E-state index in [0.717, 1.165) is 24.6 Å². The molecule has 7 heteroatoms. The lowest BCUT2D eigenvalue weighted by molar-refractivity contribution is 0.373. The highest BCUT2D eigenvalue weighted by atomic mass is 127. The van der Waals surface area contributed by atoms with Crippen LogP contribution in [0.3, 0.4) is 0 Å². The first-order chi connectivity index (χ1) is 11.5. The molecule has 1 aromatic heterocycles. The number of guanidine groups is 1. The Morgan fingerprint density at radius 2 is 2.12 bits per heavy atom. The van der Waals surface area contributed by atoms with Crippen molar-refractivity contribution in [3.63, 3.8) is 0 Å². The Morgan fingerprint density at radius 1 is 1.36 bits per heavy atom. The minimum absolute atomic E-state index is 0. The molecule has 138 valence electrons. The molecule has 0 amide bonds. The summed E-state index contributed by atoms with van der Waals surface area (Å²) < 4.78 is 7.16. The number of ether oxygens (including phenoxy) is 1. The molecule has 0 aliphatic heterocycles. The highest BCUT2D eigenvalue weighted by Crippen LogP contribution is 2.26. The predicted octanol–water partition coefficient (Wildman–Crippen LogP) is 2.95. The maximum Gasteiger partial charge on any atom is 0.194 e. The van der Waals surface area contributed by atoms with Crippen molar-refractivity contribution < 1.29 is 9.84 Å². The number of nitrogens with zero attached hydrogens (tertiary/aromatic N) is 3. The van der Waals surface area contributed by atoms with Crippen molar-refractivity contribution in [3.8, 4) is 11.5 Å². The Hall–Kier alpha value is -1.90. The maximum absolute atomic E-state index is 9.87. The van der Waals surface area contributed by atoms with Crippen molar-refractivity contribution in [2.75, 3.05) is 20.7 Å². The van der Waals surface area contributed by atoms with Crippen LogP contribution in [0, 0.1) is 0 Å². The van der Waals surface area contributed by atoms with Crippen molar-refractivity contribution in [2.24, 2.45) is 12.0 Å². The molecule has 2 rings (SSSR count). The fourth-order valence-corrected chi connectivity index (χ4v) is 2.45. The van der Waals surface area contributed by atoms with Crippen LogP contribution in [0.4, 0.5) is 0 Å². The zero-order valence-corrected chi connectivity index (χ0v) is 17.5. The van der Waals surface area contributed by atoms with Crippen LogP contribution < -0.4 is 10.1 Å². The van der Waals surface area contributed by atoms with Gasteiger partial charge in [-0.2, -0.15) is 0 Å². The molecule has 0 saturated carbocycles. The minimum Gasteiger partial charge on any atom is -0.504 e. The first kappa shape index (κ1) is 21.1. The molecule has 0 unspecified atom stereocenters. The van der Waals surface area contributed by atoms with E-state index in [9.17, 15) is 5.11 Å². The molecule has 0 atom stereocenters. The van der Waals surface area contributed by atoms with E-state index in [-0.39, 0.29) is 29.7 Å². The summed E-state index contributed by atoms with van der Waals surface area (Å²) in [6, 6.07) is 9.47. The van der Waals surface area contributed by atoms with Gasteiger partial charge < -0.3 is 24.6 Å². The Bertz CT molecular complexity index is 700. The molecule has 0 saturated heterocycles. The average Bonchev–Trinajstić information content (AvgIpc) is 2.96. The molecule has 0 fully saturated rings. The van der Waals surface area contributed by atoms with Crippen molar-refractivity contribution >= 4 is 29.9 Å². The fourth-order valence-electron chi connectivity index (χ4n) is 2.45. The van der Waals surface area contributed by atoms with Gasteiger partial charge in [0.25, 0.3) is 0 Å². The van der Waals surface area contributed by atoms with Gasteiger partial charge in [0.1, 0.15) is 0 Å². The molecule has 25 heavy (non-hydrogen) atoms. The van der Waals surface area contributed by atoms with Gasteiger partial charge >= 0.3 is 0 Å². The summed E-state index contributed by atoms with van der Waals surface area (Å²) in [6.07, 6.45) is 2.04. The third kappa shape index (κ3) is 5.84. The molecule has 2 aromatic rings. The second-order valence-electron chi connectivity index (χ2n) is 5.64. The van der Waals surface area contributed by atoms with Gasteiger partial charge in [0.2, 0.25) is 0 Å². The normalized spacial score (nSPS) is 11.0. The van der Waals surface area contributed by atoms with Gasteiger partial charge in [0, 0.05) is 32.5 Å². The van der Waals surface area contributed by atoms with E-state index in [2.05, 4.69) is 25.8 Å². The van der Waals surface area contributed by atoms with Crippen molar-refractivity contribution in [2.45, 2.75) is 20.0 Å². The molecular formula is C18H27IN4O2. The Morgan fingerprint density at radius 3 is 2.68 bits per heavy atom. The quantitative estimate of drug-likeness (QED) is 0.397. The number of benzene rings is 1. The topological polar surface area (TPSA) is 62.0 Å². The number of hydrogen-bond donors (Lipinski definition) is 2. The van der Waals surface area contributed by atoms with Gasteiger partial charge in [0.05, 0.1) is 20.2 Å².